The van der Waals surface area contributed by atoms with Gasteiger partial charge in [-0.05, 0) is 96.3 Å². The van der Waals surface area contributed by atoms with Gasteiger partial charge in [-0.1, -0.05) is 292 Å². The number of carbonyl (C=O) groups excluding carboxylic acids is 3. The van der Waals surface area contributed by atoms with Crippen molar-refractivity contribution in [2.24, 2.45) is 0 Å². The molecule has 0 aliphatic rings. The van der Waals surface area contributed by atoms with E-state index in [0.29, 0.717) is 19.3 Å². The van der Waals surface area contributed by atoms with E-state index in [1.807, 2.05) is 0 Å². The Morgan fingerprint density at radius 3 is 0.816 bits per heavy atom. The topological polar surface area (TPSA) is 78.9 Å². The van der Waals surface area contributed by atoms with Crippen LogP contribution in [0.4, 0.5) is 0 Å². The fourth-order valence-corrected chi connectivity index (χ4v) is 9.27. The van der Waals surface area contributed by atoms with E-state index in [-0.39, 0.29) is 31.1 Å². The molecule has 438 valence electrons. The van der Waals surface area contributed by atoms with E-state index < -0.39 is 6.10 Å². The highest BCUT2D eigenvalue weighted by molar-refractivity contribution is 5.71. The van der Waals surface area contributed by atoms with Crippen LogP contribution in [0.1, 0.15) is 323 Å². The summed E-state index contributed by atoms with van der Waals surface area (Å²) in [5.74, 6) is -0.872. The van der Waals surface area contributed by atoms with E-state index in [2.05, 4.69) is 106 Å². The van der Waals surface area contributed by atoms with Crippen molar-refractivity contribution in [3.05, 3.63) is 85.1 Å². The van der Waals surface area contributed by atoms with Crippen molar-refractivity contribution in [3.8, 4) is 0 Å². The van der Waals surface area contributed by atoms with Crippen molar-refractivity contribution in [1.29, 1.82) is 0 Å². The average Bonchev–Trinajstić information content (AvgIpc) is 3.42. The first kappa shape index (κ1) is 72.6. The van der Waals surface area contributed by atoms with Gasteiger partial charge >= 0.3 is 17.9 Å². The fourth-order valence-electron chi connectivity index (χ4n) is 9.27. The van der Waals surface area contributed by atoms with E-state index >= 15 is 0 Å². The minimum absolute atomic E-state index is 0.0749. The number of carbonyl (C=O) groups is 3. The molecule has 1 unspecified atom stereocenters. The van der Waals surface area contributed by atoms with Crippen LogP contribution in [0.3, 0.4) is 0 Å². The predicted molar refractivity (Wildman–Crippen MR) is 330 cm³/mol. The summed E-state index contributed by atoms with van der Waals surface area (Å²) < 4.78 is 16.9. The van der Waals surface area contributed by atoms with Crippen LogP contribution in [0, 0.1) is 0 Å². The summed E-state index contributed by atoms with van der Waals surface area (Å²) in [4.78, 5) is 38.2. The molecule has 6 nitrogen and oxygen atoms in total. The summed E-state index contributed by atoms with van der Waals surface area (Å²) in [7, 11) is 0. The van der Waals surface area contributed by atoms with E-state index in [4.69, 9.17) is 14.2 Å². The van der Waals surface area contributed by atoms with Gasteiger partial charge in [0.05, 0.1) is 0 Å². The molecule has 0 bridgehead atoms. The Balaban J connectivity index is 4.13. The first-order valence-corrected chi connectivity index (χ1v) is 32.6. The maximum Gasteiger partial charge on any atom is 0.306 e. The van der Waals surface area contributed by atoms with Crippen LogP contribution in [-0.4, -0.2) is 37.2 Å². The minimum Gasteiger partial charge on any atom is -0.462 e. The summed E-state index contributed by atoms with van der Waals surface area (Å²) in [6.45, 7) is 6.53. The third-order valence-electron chi connectivity index (χ3n) is 14.1. The Bertz CT molecular complexity index is 1450. The van der Waals surface area contributed by atoms with Crippen LogP contribution < -0.4 is 0 Å². The van der Waals surface area contributed by atoms with Crippen molar-refractivity contribution in [3.63, 3.8) is 0 Å². The Kier molecular flexibility index (Phi) is 61.2. The standard InChI is InChI=1S/C70H122O6/c1-4-7-10-13-16-19-22-24-26-27-28-29-30-31-32-33-34-35-36-37-38-39-40-41-42-43-44-46-48-51-54-57-60-63-69(72)75-66-67(65-74-68(71)62-59-56-53-50-47-21-18-15-12-9-6-3)76-70(73)64-61-58-55-52-49-45-25-23-20-17-14-11-8-5-2/h7,10,16,19,23-26,28-29,31-32,34-35,67H,4-6,8-9,11-15,17-18,20-22,27,30,33,36-66H2,1-3H3/b10-7-,19-16-,25-23-,26-24-,29-28-,32-31-,35-34-. The largest absolute Gasteiger partial charge is 0.462 e. The van der Waals surface area contributed by atoms with Gasteiger partial charge in [-0.3, -0.25) is 14.4 Å². The molecule has 1 atom stereocenters. The second-order valence-corrected chi connectivity index (χ2v) is 21.6. The highest BCUT2D eigenvalue weighted by atomic mass is 16.6. The maximum atomic E-state index is 12.9. The molecule has 0 amide bonds. The van der Waals surface area contributed by atoms with Gasteiger partial charge in [-0.25, -0.2) is 0 Å². The molecule has 76 heavy (non-hydrogen) atoms. The smallest absolute Gasteiger partial charge is 0.306 e. The maximum absolute atomic E-state index is 12.9. The number of unbranched alkanes of at least 4 members (excludes halogenated alkanes) is 34. The molecule has 0 rings (SSSR count). The summed E-state index contributed by atoms with van der Waals surface area (Å²) in [5, 5.41) is 0. The molecular weight excluding hydrogens is 937 g/mol. The Morgan fingerprint density at radius 2 is 0.513 bits per heavy atom. The van der Waals surface area contributed by atoms with Crippen molar-refractivity contribution < 1.29 is 28.6 Å². The lowest BCUT2D eigenvalue weighted by molar-refractivity contribution is -0.167. The van der Waals surface area contributed by atoms with Crippen LogP contribution in [0.5, 0.6) is 0 Å². The molecule has 6 heteroatoms. The van der Waals surface area contributed by atoms with Crippen molar-refractivity contribution >= 4 is 17.9 Å². The van der Waals surface area contributed by atoms with E-state index in [9.17, 15) is 14.4 Å². The quantitative estimate of drug-likeness (QED) is 0.0261. The molecule has 0 N–H and O–H groups in total. The normalized spacial score (nSPS) is 12.6. The lowest BCUT2D eigenvalue weighted by atomic mass is 10.0. The van der Waals surface area contributed by atoms with Crippen LogP contribution in [-0.2, 0) is 28.6 Å². The fraction of sp³-hybridized carbons (Fsp3) is 0.757. The van der Waals surface area contributed by atoms with Crippen LogP contribution in [0.2, 0.25) is 0 Å². The number of rotatable bonds is 59. The molecule has 0 aromatic heterocycles. The van der Waals surface area contributed by atoms with Crippen molar-refractivity contribution in [1.82, 2.24) is 0 Å². The number of esters is 3. The number of hydrogen-bond acceptors (Lipinski definition) is 6. The Labute approximate surface area is 471 Å². The van der Waals surface area contributed by atoms with Gasteiger partial charge in [0.2, 0.25) is 0 Å². The zero-order chi connectivity index (χ0) is 55.0. The molecule has 0 aliphatic carbocycles. The van der Waals surface area contributed by atoms with E-state index in [0.717, 1.165) is 103 Å². The van der Waals surface area contributed by atoms with Gasteiger partial charge in [0.25, 0.3) is 0 Å². The second-order valence-electron chi connectivity index (χ2n) is 21.6. The van der Waals surface area contributed by atoms with Gasteiger partial charge in [-0.15, -0.1) is 0 Å². The summed E-state index contributed by atoms with van der Waals surface area (Å²) in [5.41, 5.74) is 0. The number of ether oxygens (including phenoxy) is 3. The highest BCUT2D eigenvalue weighted by Crippen LogP contribution is 2.17. The van der Waals surface area contributed by atoms with Gasteiger partial charge < -0.3 is 14.2 Å². The van der Waals surface area contributed by atoms with E-state index in [1.54, 1.807) is 0 Å². The summed E-state index contributed by atoms with van der Waals surface area (Å²) >= 11 is 0. The Morgan fingerprint density at radius 1 is 0.276 bits per heavy atom. The van der Waals surface area contributed by atoms with Crippen LogP contribution >= 0.6 is 0 Å². The molecule has 0 aromatic rings. The monoisotopic (exact) mass is 1060 g/mol. The highest BCUT2D eigenvalue weighted by Gasteiger charge is 2.19. The number of hydrogen-bond donors (Lipinski definition) is 0. The third-order valence-corrected chi connectivity index (χ3v) is 14.1. The van der Waals surface area contributed by atoms with Gasteiger partial charge in [0, 0.05) is 19.3 Å². The van der Waals surface area contributed by atoms with Crippen molar-refractivity contribution in [2.45, 2.75) is 329 Å². The van der Waals surface area contributed by atoms with Crippen molar-refractivity contribution in [2.75, 3.05) is 13.2 Å². The predicted octanol–water partition coefficient (Wildman–Crippen LogP) is 22.3. The van der Waals surface area contributed by atoms with Gasteiger partial charge in [0.15, 0.2) is 6.10 Å². The first-order valence-electron chi connectivity index (χ1n) is 32.6. The summed E-state index contributed by atoms with van der Waals surface area (Å²) in [6, 6.07) is 0. The van der Waals surface area contributed by atoms with Crippen LogP contribution in [0.25, 0.3) is 0 Å². The zero-order valence-corrected chi connectivity index (χ0v) is 50.3. The first-order chi connectivity index (χ1) is 37.5. The second kappa shape index (κ2) is 64.1. The average molecular weight is 1060 g/mol. The lowest BCUT2D eigenvalue weighted by Gasteiger charge is -2.18. The van der Waals surface area contributed by atoms with Gasteiger partial charge in [-0.2, -0.15) is 0 Å². The molecule has 0 radical (unpaired) electrons. The molecule has 0 spiro atoms. The molecule has 0 aliphatic heterocycles. The molecule has 0 fully saturated rings. The molecule has 0 saturated heterocycles. The van der Waals surface area contributed by atoms with Gasteiger partial charge in [0.1, 0.15) is 13.2 Å². The Hall–Kier alpha value is -3.41. The summed E-state index contributed by atoms with van der Waals surface area (Å²) in [6.07, 6.45) is 84.6. The third kappa shape index (κ3) is 61.4. The minimum atomic E-state index is -0.777. The SMILES string of the molecule is CC/C=C\C/C=C\C/C=C\C/C=C\C/C=C\C/C=C\CCCCCCCCCCCCCCCCC(=O)OCC(COC(=O)CCCCCCCCCCCCC)OC(=O)CCCCCCC/C=C\CCCCCCC. The lowest BCUT2D eigenvalue weighted by Crippen LogP contribution is -2.30. The van der Waals surface area contributed by atoms with Crippen LogP contribution in [0.15, 0.2) is 85.1 Å². The van der Waals surface area contributed by atoms with E-state index in [1.165, 1.54) is 180 Å². The molecular formula is C70H122O6. The molecule has 0 saturated carbocycles. The molecule has 0 heterocycles. The number of allylic oxidation sites excluding steroid dienone is 14. The zero-order valence-electron chi connectivity index (χ0n) is 50.3. The molecule has 0 aromatic carbocycles.